The van der Waals surface area contributed by atoms with Gasteiger partial charge in [-0.3, -0.25) is 4.57 Å². The van der Waals surface area contributed by atoms with Crippen LogP contribution in [0.25, 0.3) is 17.0 Å². The Hall–Kier alpha value is -2.44. The average molecular weight is 269 g/mol. The predicted octanol–water partition coefficient (Wildman–Crippen LogP) is 1.46. The van der Waals surface area contributed by atoms with Gasteiger partial charge in [0.05, 0.1) is 12.0 Å². The average Bonchev–Trinajstić information content (AvgIpc) is 3.12. The third-order valence-electron chi connectivity index (χ3n) is 3.75. The molecule has 20 heavy (non-hydrogen) atoms. The van der Waals surface area contributed by atoms with Gasteiger partial charge < -0.3 is 10.3 Å². The van der Waals surface area contributed by atoms with Crippen LogP contribution in [0.1, 0.15) is 24.2 Å². The van der Waals surface area contributed by atoms with Crippen LogP contribution in [0.4, 0.5) is 5.95 Å². The van der Waals surface area contributed by atoms with E-state index in [0.717, 1.165) is 24.2 Å². The topological polar surface area (TPSA) is 84.3 Å². The summed E-state index contributed by atoms with van der Waals surface area (Å²) in [4.78, 5) is 20.8. The van der Waals surface area contributed by atoms with Gasteiger partial charge in [-0.25, -0.2) is 9.97 Å². The van der Waals surface area contributed by atoms with Crippen molar-refractivity contribution in [1.29, 1.82) is 0 Å². The molecule has 0 aliphatic heterocycles. The molecular weight excluding hydrogens is 254 g/mol. The number of imidazole rings is 2. The molecule has 0 spiro atoms. The quantitative estimate of drug-likeness (QED) is 0.735. The van der Waals surface area contributed by atoms with Crippen molar-refractivity contribution in [1.82, 2.24) is 29.5 Å². The molecule has 102 valence electrons. The van der Waals surface area contributed by atoms with Crippen molar-refractivity contribution in [2.75, 3.05) is 12.4 Å². The minimum absolute atomic E-state index is 0.567. The van der Waals surface area contributed by atoms with Crippen molar-refractivity contribution >= 4 is 17.1 Å². The van der Waals surface area contributed by atoms with E-state index in [1.54, 1.807) is 13.4 Å². The third kappa shape index (κ3) is 1.59. The summed E-state index contributed by atoms with van der Waals surface area (Å²) < 4.78 is 2.07. The minimum Gasteiger partial charge on any atom is -0.357 e. The minimum atomic E-state index is 0.567. The van der Waals surface area contributed by atoms with Crippen molar-refractivity contribution in [3.05, 3.63) is 24.0 Å². The maximum Gasteiger partial charge on any atom is 0.226 e. The van der Waals surface area contributed by atoms with Crippen LogP contribution in [0.5, 0.6) is 0 Å². The Morgan fingerprint density at radius 1 is 1.20 bits per heavy atom. The first kappa shape index (κ1) is 11.4. The van der Waals surface area contributed by atoms with Crippen molar-refractivity contribution < 1.29 is 0 Å². The van der Waals surface area contributed by atoms with Gasteiger partial charge in [0.15, 0.2) is 11.5 Å². The van der Waals surface area contributed by atoms with Gasteiger partial charge in [-0.15, -0.1) is 0 Å². The molecule has 3 aromatic heterocycles. The number of aryl methyl sites for hydroxylation is 1. The van der Waals surface area contributed by atoms with E-state index in [2.05, 4.69) is 34.8 Å². The fourth-order valence-corrected chi connectivity index (χ4v) is 2.76. The Kier molecular flexibility index (Phi) is 2.45. The Morgan fingerprint density at radius 2 is 2.10 bits per heavy atom. The molecule has 7 heteroatoms. The molecule has 4 rings (SSSR count). The van der Waals surface area contributed by atoms with E-state index in [0.29, 0.717) is 11.6 Å². The van der Waals surface area contributed by atoms with Gasteiger partial charge in [-0.05, 0) is 25.7 Å². The van der Waals surface area contributed by atoms with E-state index in [1.807, 2.05) is 6.33 Å². The fraction of sp³-hybridized carbons (Fsp3) is 0.385. The number of aromatic nitrogens is 6. The number of anilines is 1. The van der Waals surface area contributed by atoms with Gasteiger partial charge >= 0.3 is 0 Å². The first-order valence-electron chi connectivity index (χ1n) is 6.81. The van der Waals surface area contributed by atoms with Gasteiger partial charge in [0, 0.05) is 12.7 Å². The van der Waals surface area contributed by atoms with Gasteiger partial charge in [-0.2, -0.15) is 9.97 Å². The summed E-state index contributed by atoms with van der Waals surface area (Å²) in [7, 11) is 1.81. The highest BCUT2D eigenvalue weighted by molar-refractivity contribution is 5.79. The molecule has 0 amide bonds. The van der Waals surface area contributed by atoms with E-state index in [9.17, 15) is 0 Å². The van der Waals surface area contributed by atoms with E-state index < -0.39 is 0 Å². The number of fused-ring (bicyclic) bond motifs is 2. The first-order chi connectivity index (χ1) is 9.86. The van der Waals surface area contributed by atoms with Gasteiger partial charge in [0.25, 0.3) is 0 Å². The first-order valence-corrected chi connectivity index (χ1v) is 6.81. The molecule has 1 aliphatic carbocycles. The second-order valence-corrected chi connectivity index (χ2v) is 4.94. The molecular formula is C13H15N7. The molecule has 2 N–H and O–H groups in total. The van der Waals surface area contributed by atoms with E-state index in [4.69, 9.17) is 0 Å². The number of nitrogens with zero attached hydrogens (tertiary/aromatic N) is 5. The molecule has 0 bridgehead atoms. The highest BCUT2D eigenvalue weighted by Gasteiger charge is 2.19. The Bertz CT molecular complexity index is 770. The second-order valence-electron chi connectivity index (χ2n) is 4.94. The van der Waals surface area contributed by atoms with Gasteiger partial charge in [0.1, 0.15) is 11.8 Å². The highest BCUT2D eigenvalue weighted by atomic mass is 15.2. The molecule has 0 saturated heterocycles. The number of rotatable bonds is 2. The highest BCUT2D eigenvalue weighted by Crippen LogP contribution is 2.25. The van der Waals surface area contributed by atoms with E-state index in [-0.39, 0.29) is 0 Å². The number of hydrogen-bond donors (Lipinski definition) is 2. The molecule has 3 aromatic rings. The molecule has 0 unspecified atom stereocenters. The largest absolute Gasteiger partial charge is 0.357 e. The summed E-state index contributed by atoms with van der Waals surface area (Å²) in [6.07, 6.45) is 8.02. The van der Waals surface area contributed by atoms with Gasteiger partial charge in [0.2, 0.25) is 5.95 Å². The molecule has 7 nitrogen and oxygen atoms in total. The number of hydrogen-bond acceptors (Lipinski definition) is 5. The lowest BCUT2D eigenvalue weighted by Crippen LogP contribution is -2.10. The van der Waals surface area contributed by atoms with Crippen molar-refractivity contribution in [2.45, 2.75) is 25.7 Å². The molecule has 3 heterocycles. The maximum atomic E-state index is 4.57. The summed E-state index contributed by atoms with van der Waals surface area (Å²) in [6, 6.07) is 0. The van der Waals surface area contributed by atoms with Crippen LogP contribution in [-0.4, -0.2) is 36.5 Å². The zero-order chi connectivity index (χ0) is 13.5. The molecule has 0 aromatic carbocycles. The lowest BCUT2D eigenvalue weighted by molar-refractivity contribution is 0.654. The van der Waals surface area contributed by atoms with Crippen LogP contribution in [0, 0.1) is 0 Å². The zero-order valence-electron chi connectivity index (χ0n) is 11.2. The van der Waals surface area contributed by atoms with Crippen LogP contribution in [0.3, 0.4) is 0 Å². The number of H-pyrrole nitrogens is 1. The van der Waals surface area contributed by atoms with Crippen molar-refractivity contribution in [2.24, 2.45) is 0 Å². The lowest BCUT2D eigenvalue weighted by Gasteiger charge is -2.14. The summed E-state index contributed by atoms with van der Waals surface area (Å²) in [5.41, 5.74) is 3.95. The van der Waals surface area contributed by atoms with E-state index in [1.165, 1.54) is 24.2 Å². The standard InChI is InChI=1S/C13H15N7/c1-14-13-18-11-10(15-6-16-11)12(19-13)20-7-17-8-4-2-3-5-9(8)20/h6-7H,2-5H2,1H3,(H2,14,15,16,18,19). The predicted molar refractivity (Wildman–Crippen MR) is 75.0 cm³/mol. The molecule has 1 aliphatic rings. The summed E-state index contributed by atoms with van der Waals surface area (Å²) >= 11 is 0. The number of nitrogens with one attached hydrogen (secondary N) is 2. The van der Waals surface area contributed by atoms with Crippen LogP contribution >= 0.6 is 0 Å². The molecule has 0 atom stereocenters. The van der Waals surface area contributed by atoms with Crippen LogP contribution in [0.15, 0.2) is 12.7 Å². The van der Waals surface area contributed by atoms with Crippen LogP contribution in [0.2, 0.25) is 0 Å². The van der Waals surface area contributed by atoms with E-state index >= 15 is 0 Å². The maximum absolute atomic E-state index is 4.57. The Balaban J connectivity index is 1.97. The van der Waals surface area contributed by atoms with Gasteiger partial charge in [-0.1, -0.05) is 0 Å². The fourth-order valence-electron chi connectivity index (χ4n) is 2.76. The number of aromatic amines is 1. The summed E-state index contributed by atoms with van der Waals surface area (Å²) in [5.74, 6) is 1.38. The smallest absolute Gasteiger partial charge is 0.226 e. The second kappa shape index (κ2) is 4.29. The Labute approximate surface area is 115 Å². The summed E-state index contributed by atoms with van der Waals surface area (Å²) in [5, 5.41) is 2.98. The third-order valence-corrected chi connectivity index (χ3v) is 3.75. The normalized spacial score (nSPS) is 14.4. The monoisotopic (exact) mass is 269 g/mol. The van der Waals surface area contributed by atoms with Crippen LogP contribution < -0.4 is 5.32 Å². The lowest BCUT2D eigenvalue weighted by atomic mass is 10.0. The molecule has 0 saturated carbocycles. The summed E-state index contributed by atoms with van der Waals surface area (Å²) in [6.45, 7) is 0. The SMILES string of the molecule is CNc1nc(-n2cnc3c2CCCC3)c2[nH]cnc2n1. The zero-order valence-corrected chi connectivity index (χ0v) is 11.2. The van der Waals surface area contributed by atoms with Crippen molar-refractivity contribution in [3.8, 4) is 5.82 Å². The van der Waals surface area contributed by atoms with Crippen molar-refractivity contribution in [3.63, 3.8) is 0 Å². The molecule has 0 radical (unpaired) electrons. The molecule has 0 fully saturated rings. The van der Waals surface area contributed by atoms with Crippen LogP contribution in [-0.2, 0) is 12.8 Å². The Morgan fingerprint density at radius 3 is 3.00 bits per heavy atom.